The molecule has 1 aliphatic rings. The third-order valence-electron chi connectivity index (χ3n) is 15.5. The number of hydrogen-bond donors (Lipinski definition) is 0. The Hall–Kier alpha value is -11.8. The van der Waals surface area contributed by atoms with Gasteiger partial charge in [0.05, 0.1) is 51.2 Å². The third-order valence-corrected chi connectivity index (χ3v) is 15.5. The number of fused-ring (bicyclic) bond motifs is 2. The molecule has 0 saturated carbocycles. The van der Waals surface area contributed by atoms with Gasteiger partial charge < -0.3 is 4.90 Å². The number of benzene rings is 11. The molecule has 11 aromatic carbocycles. The zero-order valence-corrected chi connectivity index (χ0v) is 46.5. The first-order valence-corrected chi connectivity index (χ1v) is 28.6. The Morgan fingerprint density at radius 3 is 0.849 bits per heavy atom. The fourth-order valence-electron chi connectivity index (χ4n) is 11.5. The highest BCUT2D eigenvalue weighted by Crippen LogP contribution is 2.59. The number of hydrogen-bond acceptors (Lipinski definition) is 9. The van der Waals surface area contributed by atoms with Gasteiger partial charge in [-0.25, -0.2) is 34.9 Å². The molecular formula is C77H51N9. The van der Waals surface area contributed by atoms with Crippen LogP contribution in [0.1, 0.15) is 0 Å². The van der Waals surface area contributed by atoms with Gasteiger partial charge in [-0.1, -0.05) is 267 Å². The van der Waals surface area contributed by atoms with Crippen molar-refractivity contribution in [3.05, 3.63) is 309 Å². The molecule has 0 atom stereocenters. The molecule has 0 bridgehead atoms. The molecule has 0 spiro atoms. The van der Waals surface area contributed by atoms with Gasteiger partial charge in [-0.15, -0.1) is 0 Å². The largest absolute Gasteiger partial charge is 0.305 e. The topological polar surface area (TPSA) is 96.7 Å². The Morgan fingerprint density at radius 2 is 0.477 bits per heavy atom. The predicted molar refractivity (Wildman–Crippen MR) is 348 cm³/mol. The van der Waals surface area contributed by atoms with Crippen LogP contribution in [0.15, 0.2) is 309 Å². The monoisotopic (exact) mass is 1100 g/mol. The van der Waals surface area contributed by atoms with Crippen LogP contribution >= 0.6 is 0 Å². The fourth-order valence-corrected chi connectivity index (χ4v) is 11.5. The van der Waals surface area contributed by atoms with Crippen LogP contribution in [0.25, 0.3) is 113 Å². The highest BCUT2D eigenvalue weighted by atomic mass is 15.3. The highest BCUT2D eigenvalue weighted by Gasteiger charge is 2.37. The van der Waals surface area contributed by atoms with Crippen molar-refractivity contribution in [2.75, 3.05) is 9.80 Å². The molecule has 0 aliphatic carbocycles. The summed E-state index contributed by atoms with van der Waals surface area (Å²) in [4.78, 5) is 43.1. The van der Waals surface area contributed by atoms with E-state index in [1.54, 1.807) is 0 Å². The van der Waals surface area contributed by atoms with Crippen LogP contribution in [0.3, 0.4) is 0 Å². The summed E-state index contributed by atoms with van der Waals surface area (Å²) in [5.41, 5.74) is 18.3. The minimum atomic E-state index is 0.485. The molecule has 86 heavy (non-hydrogen) atoms. The summed E-state index contributed by atoms with van der Waals surface area (Å²) >= 11 is 0. The van der Waals surface area contributed by atoms with Crippen molar-refractivity contribution < 1.29 is 0 Å². The smallest absolute Gasteiger partial charge is 0.235 e. The van der Waals surface area contributed by atoms with Gasteiger partial charge in [0.25, 0.3) is 0 Å². The standard InChI is InChI=1S/C77H51N9/c1-9-29-52(30-10-1)62-50-63(53-31-11-2-12-32-53)79-76(78-62)61-49-60(75-83-73(58-41-21-7-22-42-58)82-74(84-75)59-43-23-8-24-44-59)70(56-37-17-5-18-38-56)71(57-39-19-6-20-40-57)72(61)85-66-45-25-27-47-68(66)86(69-48-28-26-46-67(69)85)77-80-64(54-33-13-3-14-34-54)51-65(81-77)55-35-15-4-16-36-55/h1-51H. The maximum absolute atomic E-state index is 5.69. The zero-order chi connectivity index (χ0) is 57.2. The lowest BCUT2D eigenvalue weighted by atomic mass is 9.85. The third kappa shape index (κ3) is 9.70. The average molecular weight is 1100 g/mol. The van der Waals surface area contributed by atoms with Crippen LogP contribution in [-0.4, -0.2) is 34.9 Å². The molecule has 9 heteroatoms. The van der Waals surface area contributed by atoms with E-state index < -0.39 is 0 Å². The van der Waals surface area contributed by atoms with Gasteiger partial charge in [0, 0.05) is 55.6 Å². The van der Waals surface area contributed by atoms with E-state index >= 15 is 0 Å². The van der Waals surface area contributed by atoms with E-state index in [0.717, 1.165) is 118 Å². The van der Waals surface area contributed by atoms with Crippen molar-refractivity contribution in [3.63, 3.8) is 0 Å². The Bertz CT molecular complexity index is 4510. The first kappa shape index (κ1) is 51.1. The molecule has 404 valence electrons. The zero-order valence-electron chi connectivity index (χ0n) is 46.5. The van der Waals surface area contributed by atoms with Crippen molar-refractivity contribution in [3.8, 4) is 113 Å². The first-order chi connectivity index (χ1) is 42.7. The van der Waals surface area contributed by atoms with Gasteiger partial charge in [0.1, 0.15) is 0 Å². The maximum atomic E-state index is 5.69. The van der Waals surface area contributed by atoms with Crippen LogP contribution in [0.5, 0.6) is 0 Å². The van der Waals surface area contributed by atoms with E-state index in [0.29, 0.717) is 29.2 Å². The second-order valence-electron chi connectivity index (χ2n) is 20.9. The molecule has 15 rings (SSSR count). The van der Waals surface area contributed by atoms with Gasteiger partial charge in [0.2, 0.25) is 5.95 Å². The van der Waals surface area contributed by atoms with Crippen molar-refractivity contribution in [1.29, 1.82) is 0 Å². The molecule has 0 unspecified atom stereocenters. The lowest BCUT2D eigenvalue weighted by Gasteiger charge is -2.41. The number of aromatic nitrogens is 7. The predicted octanol–water partition coefficient (Wildman–Crippen LogP) is 19.4. The van der Waals surface area contributed by atoms with E-state index in [9.17, 15) is 0 Å². The fraction of sp³-hybridized carbons (Fsp3) is 0. The lowest BCUT2D eigenvalue weighted by molar-refractivity contribution is 1.06. The van der Waals surface area contributed by atoms with Gasteiger partial charge in [-0.3, -0.25) is 4.90 Å². The van der Waals surface area contributed by atoms with Crippen LogP contribution in [0, 0.1) is 0 Å². The molecule has 4 heterocycles. The van der Waals surface area contributed by atoms with Crippen molar-refractivity contribution in [2.45, 2.75) is 0 Å². The minimum absolute atomic E-state index is 0.485. The molecule has 1 aliphatic heterocycles. The normalized spacial score (nSPS) is 11.7. The quantitative estimate of drug-likeness (QED) is 0.118. The molecular weight excluding hydrogens is 1050 g/mol. The number of nitrogens with zero attached hydrogens (tertiary/aromatic N) is 9. The number of rotatable bonds is 12. The second-order valence-corrected chi connectivity index (χ2v) is 20.9. The van der Waals surface area contributed by atoms with Crippen LogP contribution in [0.4, 0.5) is 34.4 Å². The molecule has 0 N–H and O–H groups in total. The summed E-state index contributed by atoms with van der Waals surface area (Å²) in [5.74, 6) is 2.60. The molecule has 0 fully saturated rings. The summed E-state index contributed by atoms with van der Waals surface area (Å²) in [6.45, 7) is 0. The lowest BCUT2D eigenvalue weighted by Crippen LogP contribution is -2.26. The van der Waals surface area contributed by atoms with E-state index in [1.165, 1.54) is 0 Å². The summed E-state index contributed by atoms with van der Waals surface area (Å²) in [6.07, 6.45) is 0. The molecule has 3 aromatic heterocycles. The van der Waals surface area contributed by atoms with E-state index in [-0.39, 0.29) is 0 Å². The number of para-hydroxylation sites is 4. The van der Waals surface area contributed by atoms with Gasteiger partial charge in [-0.2, -0.15) is 0 Å². The first-order valence-electron chi connectivity index (χ1n) is 28.6. The van der Waals surface area contributed by atoms with E-state index in [4.69, 9.17) is 34.9 Å². The Kier molecular flexibility index (Phi) is 13.4. The summed E-state index contributed by atoms with van der Waals surface area (Å²) < 4.78 is 0. The van der Waals surface area contributed by atoms with Crippen molar-refractivity contribution in [2.24, 2.45) is 0 Å². The summed E-state index contributed by atoms with van der Waals surface area (Å²) in [6, 6.07) is 106. The van der Waals surface area contributed by atoms with Gasteiger partial charge in [-0.05, 0) is 53.6 Å². The SMILES string of the molecule is c1ccc(-c2cc(-c3ccccc3)nc(-c3cc(-c4nc(-c5ccccc5)nc(-c5ccccc5)n4)c(-c4ccccc4)c(-c4ccccc4)c3N3c4ccccc4N(c4nc(-c5ccccc5)cc(-c5ccccc5)n4)c4ccccc43)n2)cc1. The highest BCUT2D eigenvalue weighted by molar-refractivity contribution is 6.12. The van der Waals surface area contributed by atoms with Gasteiger partial charge >= 0.3 is 0 Å². The van der Waals surface area contributed by atoms with Gasteiger partial charge in [0.15, 0.2) is 23.3 Å². The van der Waals surface area contributed by atoms with E-state index in [2.05, 4.69) is 210 Å². The molecule has 0 saturated heterocycles. The van der Waals surface area contributed by atoms with Crippen molar-refractivity contribution in [1.82, 2.24) is 34.9 Å². The average Bonchev–Trinajstić information content (AvgIpc) is 1.24. The van der Waals surface area contributed by atoms with Crippen LogP contribution in [-0.2, 0) is 0 Å². The Labute approximate surface area is 498 Å². The minimum Gasteiger partial charge on any atom is -0.305 e. The summed E-state index contributed by atoms with van der Waals surface area (Å²) in [5, 5.41) is 0. The molecule has 0 amide bonds. The molecule has 9 nitrogen and oxygen atoms in total. The van der Waals surface area contributed by atoms with Crippen LogP contribution in [0.2, 0.25) is 0 Å². The molecule has 14 aromatic rings. The maximum Gasteiger partial charge on any atom is 0.235 e. The van der Waals surface area contributed by atoms with E-state index in [1.807, 2.05) is 109 Å². The Morgan fingerprint density at radius 1 is 0.198 bits per heavy atom. The second kappa shape index (κ2) is 22.5. The molecule has 0 radical (unpaired) electrons. The summed E-state index contributed by atoms with van der Waals surface area (Å²) in [7, 11) is 0. The number of anilines is 6. The van der Waals surface area contributed by atoms with Crippen molar-refractivity contribution >= 4 is 34.4 Å². The van der Waals surface area contributed by atoms with Crippen LogP contribution < -0.4 is 9.80 Å². The Balaban J connectivity index is 1.09.